The molecule has 0 aliphatic heterocycles. The molecular formula is C17H25NO4. The minimum absolute atomic E-state index is 0.0707. The fourth-order valence-corrected chi connectivity index (χ4v) is 2.12. The van der Waals surface area contributed by atoms with Crippen molar-refractivity contribution in [1.82, 2.24) is 4.90 Å². The van der Waals surface area contributed by atoms with Gasteiger partial charge in [-0.15, -0.1) is 0 Å². The van der Waals surface area contributed by atoms with E-state index >= 15 is 0 Å². The smallest absolute Gasteiger partial charge is 0.326 e. The molecule has 1 aromatic carbocycles. The first kappa shape index (κ1) is 18.2. The summed E-state index contributed by atoms with van der Waals surface area (Å²) in [5.41, 5.74) is 0.887. The summed E-state index contributed by atoms with van der Waals surface area (Å²) in [6.07, 6.45) is 3.36. The van der Waals surface area contributed by atoms with Crippen LogP contribution in [-0.2, 0) is 20.7 Å². The maximum absolute atomic E-state index is 12.0. The summed E-state index contributed by atoms with van der Waals surface area (Å²) in [5.74, 6) is -1.31. The van der Waals surface area contributed by atoms with E-state index in [0.717, 1.165) is 24.8 Å². The van der Waals surface area contributed by atoms with Crippen LogP contribution in [0.15, 0.2) is 30.3 Å². The van der Waals surface area contributed by atoms with Gasteiger partial charge in [-0.05, 0) is 12.0 Å². The lowest BCUT2D eigenvalue weighted by atomic mass is 10.1. The Morgan fingerprint density at radius 3 is 2.50 bits per heavy atom. The lowest BCUT2D eigenvalue weighted by molar-refractivity contribution is -0.150. The molecule has 122 valence electrons. The van der Waals surface area contributed by atoms with Crippen LogP contribution >= 0.6 is 0 Å². The topological polar surface area (TPSA) is 66.8 Å². The van der Waals surface area contributed by atoms with Crippen molar-refractivity contribution in [3.8, 4) is 0 Å². The molecule has 22 heavy (non-hydrogen) atoms. The Labute approximate surface area is 131 Å². The van der Waals surface area contributed by atoms with Gasteiger partial charge in [-0.25, -0.2) is 4.79 Å². The molecule has 1 unspecified atom stereocenters. The molecule has 5 nitrogen and oxygen atoms in total. The number of likely N-dealkylation sites (N-methyl/N-ethyl adjacent to an activating group) is 1. The predicted molar refractivity (Wildman–Crippen MR) is 84.7 cm³/mol. The minimum Gasteiger partial charge on any atom is -0.480 e. The predicted octanol–water partition coefficient (Wildman–Crippen LogP) is 2.35. The molecule has 1 amide bonds. The van der Waals surface area contributed by atoms with Crippen LogP contribution in [0.3, 0.4) is 0 Å². The molecular weight excluding hydrogens is 282 g/mol. The minimum atomic E-state index is -1.01. The summed E-state index contributed by atoms with van der Waals surface area (Å²) in [7, 11) is 1.51. The Balaban J connectivity index is 2.52. The van der Waals surface area contributed by atoms with Crippen LogP contribution in [0.2, 0.25) is 0 Å². The molecule has 0 aromatic heterocycles. The largest absolute Gasteiger partial charge is 0.480 e. The molecule has 0 spiro atoms. The van der Waals surface area contributed by atoms with Crippen LogP contribution < -0.4 is 0 Å². The van der Waals surface area contributed by atoms with Crippen molar-refractivity contribution in [2.75, 3.05) is 20.3 Å². The van der Waals surface area contributed by atoms with Crippen molar-refractivity contribution in [2.24, 2.45) is 0 Å². The molecule has 0 aliphatic rings. The van der Waals surface area contributed by atoms with E-state index in [1.54, 1.807) is 0 Å². The van der Waals surface area contributed by atoms with E-state index in [9.17, 15) is 14.7 Å². The van der Waals surface area contributed by atoms with Crippen molar-refractivity contribution >= 4 is 11.9 Å². The lowest BCUT2D eigenvalue weighted by Gasteiger charge is -2.25. The van der Waals surface area contributed by atoms with Gasteiger partial charge >= 0.3 is 5.97 Å². The highest BCUT2D eigenvalue weighted by Gasteiger charge is 2.26. The highest BCUT2D eigenvalue weighted by molar-refractivity contribution is 5.84. The fourth-order valence-electron chi connectivity index (χ4n) is 2.12. The van der Waals surface area contributed by atoms with Crippen LogP contribution in [0.4, 0.5) is 0 Å². The molecule has 0 aliphatic carbocycles. The lowest BCUT2D eigenvalue weighted by Crippen LogP contribution is -2.45. The van der Waals surface area contributed by atoms with Crippen molar-refractivity contribution in [1.29, 1.82) is 0 Å². The first-order chi connectivity index (χ1) is 10.6. The number of rotatable bonds is 10. The molecule has 1 N–H and O–H groups in total. The third-order valence-electron chi connectivity index (χ3n) is 3.54. The molecule has 0 saturated carbocycles. The van der Waals surface area contributed by atoms with Gasteiger partial charge in [-0.1, -0.05) is 50.1 Å². The van der Waals surface area contributed by atoms with Gasteiger partial charge in [0.2, 0.25) is 5.91 Å². The van der Waals surface area contributed by atoms with E-state index < -0.39 is 12.0 Å². The van der Waals surface area contributed by atoms with E-state index in [0.29, 0.717) is 6.61 Å². The zero-order valence-electron chi connectivity index (χ0n) is 13.3. The molecule has 0 radical (unpaired) electrons. The number of amides is 1. The third kappa shape index (κ3) is 6.26. The summed E-state index contributed by atoms with van der Waals surface area (Å²) in [6, 6.07) is 8.41. The van der Waals surface area contributed by atoms with E-state index in [4.69, 9.17) is 4.74 Å². The molecule has 1 aromatic rings. The number of benzene rings is 1. The van der Waals surface area contributed by atoms with Crippen molar-refractivity contribution in [2.45, 2.75) is 38.6 Å². The highest BCUT2D eigenvalue weighted by atomic mass is 16.5. The van der Waals surface area contributed by atoms with Gasteiger partial charge in [0.05, 0.1) is 0 Å². The quantitative estimate of drug-likeness (QED) is 0.674. The Morgan fingerprint density at radius 1 is 1.23 bits per heavy atom. The first-order valence-corrected chi connectivity index (χ1v) is 7.66. The van der Waals surface area contributed by atoms with Crippen LogP contribution in [0.1, 0.15) is 31.7 Å². The normalized spacial score (nSPS) is 11.9. The van der Waals surface area contributed by atoms with Crippen molar-refractivity contribution < 1.29 is 19.4 Å². The molecule has 0 bridgehead atoms. The van der Waals surface area contributed by atoms with Gasteiger partial charge in [-0.2, -0.15) is 0 Å². The van der Waals surface area contributed by atoms with Gasteiger partial charge in [0.1, 0.15) is 12.6 Å². The maximum atomic E-state index is 12.0. The van der Waals surface area contributed by atoms with E-state index in [1.807, 2.05) is 30.3 Å². The maximum Gasteiger partial charge on any atom is 0.326 e. The zero-order chi connectivity index (χ0) is 16.4. The average molecular weight is 307 g/mol. The molecule has 1 atom stereocenters. The van der Waals surface area contributed by atoms with E-state index in [-0.39, 0.29) is 18.9 Å². The number of nitrogens with zero attached hydrogens (tertiary/aromatic N) is 1. The summed E-state index contributed by atoms with van der Waals surface area (Å²) < 4.78 is 5.31. The van der Waals surface area contributed by atoms with Gasteiger partial charge in [-0.3, -0.25) is 4.79 Å². The van der Waals surface area contributed by atoms with Gasteiger partial charge < -0.3 is 14.7 Å². The number of hydrogen-bond acceptors (Lipinski definition) is 3. The second-order valence-electron chi connectivity index (χ2n) is 5.31. The third-order valence-corrected chi connectivity index (χ3v) is 3.54. The van der Waals surface area contributed by atoms with Crippen molar-refractivity contribution in [3.05, 3.63) is 35.9 Å². The SMILES string of the molecule is CCCCCOCC(=O)N(C)C(Cc1ccccc1)C(=O)O. The monoisotopic (exact) mass is 307 g/mol. The number of carbonyl (C=O) groups excluding carboxylic acids is 1. The van der Waals surface area contributed by atoms with Gasteiger partial charge in [0.25, 0.3) is 0 Å². The number of carboxylic acids is 1. The number of ether oxygens (including phenoxy) is 1. The van der Waals surface area contributed by atoms with Crippen molar-refractivity contribution in [3.63, 3.8) is 0 Å². The standard InChI is InChI=1S/C17H25NO4/c1-3-4-8-11-22-13-16(19)18(2)15(17(20)21)12-14-9-6-5-7-10-14/h5-7,9-10,15H,3-4,8,11-13H2,1-2H3,(H,20,21). The summed E-state index contributed by atoms with van der Waals surface area (Å²) >= 11 is 0. The van der Waals surface area contributed by atoms with Crippen LogP contribution in [0.25, 0.3) is 0 Å². The zero-order valence-corrected chi connectivity index (χ0v) is 13.3. The summed E-state index contributed by atoms with van der Waals surface area (Å²) in [5, 5.41) is 9.36. The molecule has 0 fully saturated rings. The Kier molecular flexibility index (Phi) is 8.22. The van der Waals surface area contributed by atoms with Crippen LogP contribution in [0, 0.1) is 0 Å². The average Bonchev–Trinajstić information content (AvgIpc) is 2.52. The van der Waals surface area contributed by atoms with Crippen LogP contribution in [-0.4, -0.2) is 48.2 Å². The molecule has 5 heteroatoms. The Bertz CT molecular complexity index is 461. The summed E-state index contributed by atoms with van der Waals surface area (Å²) in [6.45, 7) is 2.56. The molecule has 1 rings (SSSR count). The molecule has 0 heterocycles. The molecule has 0 saturated heterocycles. The number of carboxylic acid groups (broad SMARTS) is 1. The Hall–Kier alpha value is -1.88. The van der Waals surface area contributed by atoms with E-state index in [2.05, 4.69) is 6.92 Å². The van der Waals surface area contributed by atoms with Crippen LogP contribution in [0.5, 0.6) is 0 Å². The number of hydrogen-bond donors (Lipinski definition) is 1. The second kappa shape index (κ2) is 9.95. The highest BCUT2D eigenvalue weighted by Crippen LogP contribution is 2.09. The summed E-state index contributed by atoms with van der Waals surface area (Å²) in [4.78, 5) is 24.7. The number of aliphatic carboxylic acids is 1. The fraction of sp³-hybridized carbons (Fsp3) is 0.529. The second-order valence-corrected chi connectivity index (χ2v) is 5.31. The number of carbonyl (C=O) groups is 2. The van der Waals surface area contributed by atoms with E-state index in [1.165, 1.54) is 11.9 Å². The first-order valence-electron chi connectivity index (χ1n) is 7.66. The Morgan fingerprint density at radius 2 is 1.91 bits per heavy atom. The number of unbranched alkanes of at least 4 members (excludes halogenated alkanes) is 2. The van der Waals surface area contributed by atoms with Gasteiger partial charge in [0, 0.05) is 20.1 Å². The van der Waals surface area contributed by atoms with Gasteiger partial charge in [0.15, 0.2) is 0 Å².